The number of ether oxygens (including phenoxy) is 1. The van der Waals surface area contributed by atoms with Crippen LogP contribution in [0.5, 0.6) is 11.5 Å². The van der Waals surface area contributed by atoms with Gasteiger partial charge in [-0.1, -0.05) is 55.7 Å². The van der Waals surface area contributed by atoms with Crippen molar-refractivity contribution in [2.45, 2.75) is 89.1 Å². The highest BCUT2D eigenvalue weighted by Gasteiger charge is 2.23. The Bertz CT molecular complexity index is 1180. The van der Waals surface area contributed by atoms with Gasteiger partial charge in [0.2, 0.25) is 0 Å². The summed E-state index contributed by atoms with van der Waals surface area (Å²) in [6.45, 7) is 3.34. The van der Waals surface area contributed by atoms with Crippen LogP contribution in [0.2, 0.25) is 0 Å². The Balaban J connectivity index is 1.19. The molecule has 0 heterocycles. The van der Waals surface area contributed by atoms with E-state index in [9.17, 15) is 5.11 Å². The van der Waals surface area contributed by atoms with Crippen molar-refractivity contribution in [3.63, 3.8) is 0 Å². The maximum atomic E-state index is 9.87. The molecule has 202 valence electrons. The van der Waals surface area contributed by atoms with Gasteiger partial charge in [-0.15, -0.1) is 0 Å². The van der Waals surface area contributed by atoms with Crippen molar-refractivity contribution in [2.24, 2.45) is 0 Å². The van der Waals surface area contributed by atoms with Gasteiger partial charge in [-0.05, 0) is 110 Å². The second-order valence-electron chi connectivity index (χ2n) is 11.5. The Kier molecular flexibility index (Phi) is 8.90. The van der Waals surface area contributed by atoms with Crippen LogP contribution in [0.3, 0.4) is 0 Å². The quantitative estimate of drug-likeness (QED) is 0.269. The number of phenolic OH excluding ortho intramolecular Hbond substituents is 1. The number of aromatic hydroxyl groups is 1. The molecule has 0 amide bonds. The number of aryl methyl sites for hydroxylation is 1. The Morgan fingerprint density at radius 1 is 0.895 bits per heavy atom. The minimum Gasteiger partial charge on any atom is -0.508 e. The minimum atomic E-state index is 0.299. The van der Waals surface area contributed by atoms with E-state index in [-0.39, 0.29) is 0 Å². The molecule has 4 heteroatoms. The summed E-state index contributed by atoms with van der Waals surface area (Å²) in [6, 6.07) is 22.5. The lowest BCUT2D eigenvalue weighted by Gasteiger charge is -2.28. The molecule has 2 aliphatic carbocycles. The van der Waals surface area contributed by atoms with Crippen molar-refractivity contribution in [1.29, 1.82) is 0 Å². The number of benzene rings is 3. The van der Waals surface area contributed by atoms with E-state index in [1.165, 1.54) is 65.6 Å². The Morgan fingerprint density at radius 3 is 2.47 bits per heavy atom. The molecule has 3 aromatic rings. The van der Waals surface area contributed by atoms with Crippen LogP contribution in [0.1, 0.15) is 79.2 Å². The molecule has 5 rings (SSSR count). The van der Waals surface area contributed by atoms with Gasteiger partial charge in [0.25, 0.3) is 0 Å². The Labute approximate surface area is 228 Å². The Morgan fingerprint density at radius 2 is 1.68 bits per heavy atom. The molecule has 2 atom stereocenters. The van der Waals surface area contributed by atoms with E-state index < -0.39 is 0 Å². The van der Waals surface area contributed by atoms with E-state index in [0.29, 0.717) is 17.7 Å². The van der Waals surface area contributed by atoms with Gasteiger partial charge in [-0.25, -0.2) is 0 Å². The first-order chi connectivity index (χ1) is 18.6. The van der Waals surface area contributed by atoms with Gasteiger partial charge >= 0.3 is 0 Å². The molecule has 2 aliphatic rings. The van der Waals surface area contributed by atoms with Gasteiger partial charge < -0.3 is 20.5 Å². The Hall–Kier alpha value is -2.98. The number of methoxy groups -OCH3 is 1. The number of hydrogen-bond acceptors (Lipinski definition) is 4. The fraction of sp³-hybridized carbons (Fsp3) is 0.471. The first-order valence-electron chi connectivity index (χ1n) is 14.6. The molecule has 0 aliphatic heterocycles. The van der Waals surface area contributed by atoms with Crippen molar-refractivity contribution in [1.82, 2.24) is 5.32 Å². The first kappa shape index (κ1) is 26.6. The zero-order valence-electron chi connectivity index (χ0n) is 23.1. The van der Waals surface area contributed by atoms with Crippen molar-refractivity contribution in [3.8, 4) is 11.5 Å². The normalized spacial score (nSPS) is 18.5. The van der Waals surface area contributed by atoms with Gasteiger partial charge in [-0.3, -0.25) is 0 Å². The van der Waals surface area contributed by atoms with Crippen LogP contribution >= 0.6 is 0 Å². The molecule has 38 heavy (non-hydrogen) atoms. The summed E-state index contributed by atoms with van der Waals surface area (Å²) in [6.07, 6.45) is 12.0. The summed E-state index contributed by atoms with van der Waals surface area (Å²) in [5.41, 5.74) is 7.95. The third-order valence-electron chi connectivity index (χ3n) is 8.54. The molecule has 0 bridgehead atoms. The summed E-state index contributed by atoms with van der Waals surface area (Å²) in [4.78, 5) is 0. The third kappa shape index (κ3) is 6.91. The molecule has 3 N–H and O–H groups in total. The maximum Gasteiger partial charge on any atom is 0.120 e. The van der Waals surface area contributed by atoms with Crippen molar-refractivity contribution < 1.29 is 9.84 Å². The van der Waals surface area contributed by atoms with Crippen molar-refractivity contribution in [2.75, 3.05) is 19.0 Å². The van der Waals surface area contributed by atoms with E-state index in [1.807, 2.05) is 12.1 Å². The van der Waals surface area contributed by atoms with E-state index in [0.717, 1.165) is 50.4 Å². The van der Waals surface area contributed by atoms with Gasteiger partial charge in [0.15, 0.2) is 0 Å². The predicted octanol–water partition coefficient (Wildman–Crippen LogP) is 7.18. The highest BCUT2D eigenvalue weighted by atomic mass is 16.5. The molecule has 0 saturated heterocycles. The van der Waals surface area contributed by atoms with Crippen LogP contribution in [0, 0.1) is 0 Å². The number of hydrogen-bond donors (Lipinski definition) is 3. The zero-order valence-corrected chi connectivity index (χ0v) is 23.1. The molecule has 4 nitrogen and oxygen atoms in total. The van der Waals surface area contributed by atoms with Gasteiger partial charge in [0.1, 0.15) is 11.5 Å². The molecule has 1 fully saturated rings. The third-order valence-corrected chi connectivity index (χ3v) is 8.54. The molecule has 0 aromatic heterocycles. The van der Waals surface area contributed by atoms with E-state index >= 15 is 0 Å². The van der Waals surface area contributed by atoms with Gasteiger partial charge in [0, 0.05) is 23.8 Å². The number of anilines is 1. The molecular formula is C34H44N2O2. The van der Waals surface area contributed by atoms with Crippen LogP contribution in [0.4, 0.5) is 5.69 Å². The summed E-state index contributed by atoms with van der Waals surface area (Å²) in [5, 5.41) is 17.5. The number of rotatable bonds is 10. The van der Waals surface area contributed by atoms with Crippen molar-refractivity contribution >= 4 is 5.69 Å². The zero-order chi connectivity index (χ0) is 26.3. The van der Waals surface area contributed by atoms with Crippen LogP contribution in [0.25, 0.3) is 0 Å². The predicted molar refractivity (Wildman–Crippen MR) is 158 cm³/mol. The van der Waals surface area contributed by atoms with Crippen LogP contribution in [-0.2, 0) is 25.7 Å². The summed E-state index contributed by atoms with van der Waals surface area (Å²) >= 11 is 0. The lowest BCUT2D eigenvalue weighted by molar-refractivity contribution is 0.375. The molecule has 1 saturated carbocycles. The lowest BCUT2D eigenvalue weighted by Crippen LogP contribution is -2.32. The SMILES string of the molecule is COc1ccc(C2CCc3cc(O)ccc3C2)c(NC(C)Cc2ccc(CCNC3CCCCC3)cc2)c1. The number of nitrogens with one attached hydrogen (secondary N) is 2. The highest BCUT2D eigenvalue weighted by Crippen LogP contribution is 2.38. The first-order valence-corrected chi connectivity index (χ1v) is 14.6. The maximum absolute atomic E-state index is 9.87. The molecule has 0 radical (unpaired) electrons. The second-order valence-corrected chi connectivity index (χ2v) is 11.5. The number of phenols is 1. The minimum absolute atomic E-state index is 0.299. The van der Waals surface area contributed by atoms with Gasteiger partial charge in [0.05, 0.1) is 7.11 Å². The largest absolute Gasteiger partial charge is 0.508 e. The lowest BCUT2D eigenvalue weighted by atomic mass is 9.79. The molecule has 3 aromatic carbocycles. The summed E-state index contributed by atoms with van der Waals surface area (Å²) in [7, 11) is 1.73. The van der Waals surface area contributed by atoms with Crippen molar-refractivity contribution in [3.05, 3.63) is 88.5 Å². The van der Waals surface area contributed by atoms with Crippen LogP contribution in [-0.4, -0.2) is 30.8 Å². The summed E-state index contributed by atoms with van der Waals surface area (Å²) < 4.78 is 5.58. The highest BCUT2D eigenvalue weighted by molar-refractivity contribution is 5.58. The van der Waals surface area contributed by atoms with Crippen LogP contribution in [0.15, 0.2) is 60.7 Å². The molecular weight excluding hydrogens is 468 g/mol. The van der Waals surface area contributed by atoms with E-state index in [2.05, 4.69) is 66.1 Å². The standard InChI is InChI=1S/C34H44N2O2/c1-24(20-26-10-8-25(9-11-26)18-19-35-30-6-4-3-5-7-30)36-34-23-32(38-2)16-17-33(34)29-13-12-28-22-31(37)15-14-27(28)21-29/h8-11,14-17,22-24,29-30,35-37H,3-7,12-13,18-21H2,1-2H3. The van der Waals surface area contributed by atoms with Gasteiger partial charge in [-0.2, -0.15) is 0 Å². The van der Waals surface area contributed by atoms with E-state index in [4.69, 9.17) is 4.74 Å². The molecule has 0 spiro atoms. The average Bonchev–Trinajstić information content (AvgIpc) is 2.94. The van der Waals surface area contributed by atoms with Crippen LogP contribution < -0.4 is 15.4 Å². The average molecular weight is 513 g/mol. The van der Waals surface area contributed by atoms with E-state index in [1.54, 1.807) is 7.11 Å². The number of fused-ring (bicyclic) bond motifs is 1. The molecule has 2 unspecified atom stereocenters. The smallest absolute Gasteiger partial charge is 0.120 e. The topological polar surface area (TPSA) is 53.5 Å². The second kappa shape index (κ2) is 12.7. The fourth-order valence-corrected chi connectivity index (χ4v) is 6.39. The monoisotopic (exact) mass is 512 g/mol. The summed E-state index contributed by atoms with van der Waals surface area (Å²) in [5.74, 6) is 1.71. The fourth-order valence-electron chi connectivity index (χ4n) is 6.39.